The van der Waals surface area contributed by atoms with Crippen LogP contribution in [0.3, 0.4) is 0 Å². The fraction of sp³-hybridized carbons (Fsp3) is 0.267. The summed E-state index contributed by atoms with van der Waals surface area (Å²) in [6, 6.07) is 7.96. The number of likely N-dealkylation sites (N-methyl/N-ethyl adjacent to an activating group) is 1. The Morgan fingerprint density at radius 3 is 2.71 bits per heavy atom. The minimum atomic E-state index is -0.554. The summed E-state index contributed by atoms with van der Waals surface area (Å²) in [7, 11) is 3.77. The number of benzene rings is 1. The van der Waals surface area contributed by atoms with Gasteiger partial charge in [0.05, 0.1) is 17.9 Å². The fourth-order valence-electron chi connectivity index (χ4n) is 2.01. The first-order chi connectivity index (χ1) is 10.0. The molecule has 1 N–H and O–H groups in total. The van der Waals surface area contributed by atoms with E-state index in [1.807, 2.05) is 25.1 Å². The summed E-state index contributed by atoms with van der Waals surface area (Å²) in [6.07, 6.45) is 1.58. The molecule has 0 aliphatic carbocycles. The lowest BCUT2D eigenvalue weighted by Gasteiger charge is -2.22. The Labute approximate surface area is 131 Å². The average Bonchev–Trinajstić information content (AvgIpc) is 2.92. The van der Waals surface area contributed by atoms with E-state index >= 15 is 0 Å². The number of rotatable bonds is 5. The molecule has 6 heteroatoms. The monoisotopic (exact) mass is 354 g/mol. The second-order valence-corrected chi connectivity index (χ2v) is 5.66. The minimum Gasteiger partial charge on any atom is -0.468 e. The quantitative estimate of drug-likeness (QED) is 0.896. The van der Waals surface area contributed by atoms with Gasteiger partial charge in [0.15, 0.2) is 0 Å². The molecule has 0 spiro atoms. The van der Waals surface area contributed by atoms with E-state index in [1.165, 1.54) is 6.07 Å². The first-order valence-corrected chi connectivity index (χ1v) is 7.22. The van der Waals surface area contributed by atoms with Crippen molar-refractivity contribution >= 4 is 21.8 Å². The zero-order valence-electron chi connectivity index (χ0n) is 11.8. The van der Waals surface area contributed by atoms with Gasteiger partial charge in [-0.1, -0.05) is 6.07 Å². The number of nitrogens with zero attached hydrogens (tertiary/aromatic N) is 1. The van der Waals surface area contributed by atoms with Crippen LogP contribution in [0.2, 0.25) is 0 Å². The van der Waals surface area contributed by atoms with Crippen LogP contribution in [0.1, 0.15) is 22.2 Å². The highest BCUT2D eigenvalue weighted by molar-refractivity contribution is 9.10. The van der Waals surface area contributed by atoms with Gasteiger partial charge in [0.2, 0.25) is 0 Å². The van der Waals surface area contributed by atoms with E-state index in [0.29, 0.717) is 11.0 Å². The Balaban J connectivity index is 2.09. The maximum absolute atomic E-state index is 13.7. The molecule has 0 fully saturated rings. The number of carbonyl (C=O) groups is 1. The fourth-order valence-corrected chi connectivity index (χ4v) is 2.53. The van der Waals surface area contributed by atoms with Crippen molar-refractivity contribution in [3.63, 3.8) is 0 Å². The van der Waals surface area contributed by atoms with Crippen LogP contribution < -0.4 is 5.32 Å². The first-order valence-electron chi connectivity index (χ1n) is 6.42. The molecule has 0 radical (unpaired) electrons. The third kappa shape index (κ3) is 3.71. The Bertz CT molecular complexity index is 594. The van der Waals surface area contributed by atoms with E-state index in [2.05, 4.69) is 21.2 Å². The van der Waals surface area contributed by atoms with Crippen molar-refractivity contribution in [2.24, 2.45) is 0 Å². The van der Waals surface area contributed by atoms with Crippen molar-refractivity contribution in [3.8, 4) is 0 Å². The van der Waals surface area contributed by atoms with Crippen LogP contribution in [-0.2, 0) is 0 Å². The van der Waals surface area contributed by atoms with Gasteiger partial charge < -0.3 is 9.73 Å². The molecule has 2 aromatic rings. The van der Waals surface area contributed by atoms with Crippen LogP contribution in [0, 0.1) is 5.82 Å². The zero-order chi connectivity index (χ0) is 15.4. The van der Waals surface area contributed by atoms with Crippen molar-refractivity contribution in [1.82, 2.24) is 10.2 Å². The highest BCUT2D eigenvalue weighted by Gasteiger charge is 2.20. The summed E-state index contributed by atoms with van der Waals surface area (Å²) in [5, 5.41) is 2.74. The van der Waals surface area contributed by atoms with Gasteiger partial charge in [0.25, 0.3) is 5.91 Å². The van der Waals surface area contributed by atoms with Crippen molar-refractivity contribution in [2.45, 2.75) is 6.04 Å². The largest absolute Gasteiger partial charge is 0.468 e. The topological polar surface area (TPSA) is 45.5 Å². The van der Waals surface area contributed by atoms with Crippen LogP contribution in [-0.4, -0.2) is 31.4 Å². The van der Waals surface area contributed by atoms with Crippen molar-refractivity contribution in [2.75, 3.05) is 20.6 Å². The predicted octanol–water partition coefficient (Wildman–Crippen LogP) is 3.21. The molecule has 1 heterocycles. The number of hydrogen-bond donors (Lipinski definition) is 1. The van der Waals surface area contributed by atoms with Crippen molar-refractivity contribution in [3.05, 3.63) is 58.2 Å². The molecule has 0 aliphatic rings. The van der Waals surface area contributed by atoms with Crippen molar-refractivity contribution < 1.29 is 13.6 Å². The Hall–Kier alpha value is -1.66. The van der Waals surface area contributed by atoms with E-state index in [0.717, 1.165) is 5.76 Å². The highest BCUT2D eigenvalue weighted by Crippen LogP contribution is 2.21. The summed E-state index contributed by atoms with van der Waals surface area (Å²) >= 11 is 3.19. The van der Waals surface area contributed by atoms with Gasteiger partial charge in [-0.2, -0.15) is 0 Å². The van der Waals surface area contributed by atoms with Gasteiger partial charge in [0.1, 0.15) is 11.6 Å². The zero-order valence-corrected chi connectivity index (χ0v) is 13.4. The Morgan fingerprint density at radius 2 is 2.14 bits per heavy atom. The molecule has 4 nitrogen and oxygen atoms in total. The number of hydrogen-bond acceptors (Lipinski definition) is 3. The number of furan rings is 1. The summed E-state index contributed by atoms with van der Waals surface area (Å²) in [5.74, 6) is -0.271. The predicted molar refractivity (Wildman–Crippen MR) is 81.6 cm³/mol. The van der Waals surface area contributed by atoms with Crippen LogP contribution in [0.5, 0.6) is 0 Å². The van der Waals surface area contributed by atoms with Gasteiger partial charge in [0, 0.05) is 11.0 Å². The molecule has 1 aromatic heterocycles. The summed E-state index contributed by atoms with van der Waals surface area (Å²) in [6.45, 7) is 0.320. The molecule has 1 atom stereocenters. The molecular weight excluding hydrogens is 339 g/mol. The second kappa shape index (κ2) is 6.87. The first kappa shape index (κ1) is 15.7. The molecule has 0 saturated carbocycles. The third-order valence-corrected chi connectivity index (χ3v) is 3.80. The van der Waals surface area contributed by atoms with Gasteiger partial charge in [-0.15, -0.1) is 0 Å². The van der Waals surface area contributed by atoms with E-state index < -0.39 is 11.7 Å². The maximum atomic E-state index is 13.7. The van der Waals surface area contributed by atoms with Gasteiger partial charge in [-0.3, -0.25) is 9.69 Å². The van der Waals surface area contributed by atoms with Gasteiger partial charge in [-0.25, -0.2) is 4.39 Å². The molecule has 0 saturated heterocycles. The van der Waals surface area contributed by atoms with Gasteiger partial charge in [-0.05, 0) is 54.3 Å². The highest BCUT2D eigenvalue weighted by atomic mass is 79.9. The summed E-state index contributed by atoms with van der Waals surface area (Å²) in [5.41, 5.74) is 0.00875. The van der Waals surface area contributed by atoms with Crippen LogP contribution >= 0.6 is 15.9 Å². The molecule has 0 aliphatic heterocycles. The summed E-state index contributed by atoms with van der Waals surface area (Å²) < 4.78 is 19.5. The van der Waals surface area contributed by atoms with E-state index in [4.69, 9.17) is 4.42 Å². The third-order valence-electron chi connectivity index (χ3n) is 3.14. The lowest BCUT2D eigenvalue weighted by molar-refractivity contribution is 0.0934. The van der Waals surface area contributed by atoms with Crippen LogP contribution in [0.4, 0.5) is 4.39 Å². The molecular formula is C15H16BrFN2O2. The Morgan fingerprint density at radius 1 is 1.38 bits per heavy atom. The van der Waals surface area contributed by atoms with Crippen molar-refractivity contribution in [1.29, 1.82) is 0 Å². The van der Waals surface area contributed by atoms with Crippen LogP contribution in [0.15, 0.2) is 45.5 Å². The minimum absolute atomic E-state index is 0.00875. The molecule has 21 heavy (non-hydrogen) atoms. The SMILES string of the molecule is CN(C)C(CNC(=O)c1c(F)cccc1Br)c1ccco1. The molecule has 2 rings (SSSR count). The van der Waals surface area contributed by atoms with Gasteiger partial charge >= 0.3 is 0 Å². The molecule has 1 amide bonds. The Kier molecular flexibility index (Phi) is 5.14. The molecule has 1 unspecified atom stereocenters. The van der Waals surface area contributed by atoms with Crippen LogP contribution in [0.25, 0.3) is 0 Å². The second-order valence-electron chi connectivity index (χ2n) is 4.80. The molecule has 1 aromatic carbocycles. The average molecular weight is 355 g/mol. The number of carbonyl (C=O) groups excluding carboxylic acids is 1. The normalized spacial score (nSPS) is 12.4. The molecule has 0 bridgehead atoms. The number of halogens is 2. The van der Waals surface area contributed by atoms with E-state index in [-0.39, 0.29) is 11.6 Å². The summed E-state index contributed by atoms with van der Waals surface area (Å²) in [4.78, 5) is 14.1. The lowest BCUT2D eigenvalue weighted by Crippen LogP contribution is -2.34. The van der Waals surface area contributed by atoms with E-state index in [1.54, 1.807) is 24.5 Å². The smallest absolute Gasteiger partial charge is 0.255 e. The number of amides is 1. The lowest BCUT2D eigenvalue weighted by atomic mass is 10.1. The maximum Gasteiger partial charge on any atom is 0.255 e. The number of nitrogens with one attached hydrogen (secondary N) is 1. The molecule has 112 valence electrons. The van der Waals surface area contributed by atoms with E-state index in [9.17, 15) is 9.18 Å². The standard InChI is InChI=1S/C15H16BrFN2O2/c1-19(2)12(13-7-4-8-21-13)9-18-15(20)14-10(16)5-3-6-11(14)17/h3-8,12H,9H2,1-2H3,(H,18,20).